The maximum atomic E-state index is 12.4. The largest absolute Gasteiger partial charge is 0.333 e. The van der Waals surface area contributed by atoms with Crippen LogP contribution in [-0.4, -0.2) is 41.0 Å². The molecular formula is C18H23Cl4N3OS. The molecule has 150 valence electrons. The summed E-state index contributed by atoms with van der Waals surface area (Å²) in [4.78, 5) is 21.1. The number of rotatable bonds is 3. The molecule has 9 heteroatoms. The lowest BCUT2D eigenvalue weighted by molar-refractivity contribution is -0.117. The molecule has 2 aliphatic rings. The minimum atomic E-state index is -0.158. The second kappa shape index (κ2) is 9.93. The normalized spacial score (nSPS) is 22.0. The van der Waals surface area contributed by atoms with E-state index in [1.54, 1.807) is 28.8 Å². The summed E-state index contributed by atoms with van der Waals surface area (Å²) in [6.45, 7) is 1.54. The zero-order valence-electron chi connectivity index (χ0n) is 15.3. The molecule has 1 saturated heterocycles. The van der Waals surface area contributed by atoms with Crippen molar-refractivity contribution in [2.75, 3.05) is 17.7 Å². The van der Waals surface area contributed by atoms with Crippen LogP contribution >= 0.6 is 59.0 Å². The van der Waals surface area contributed by atoms with Crippen molar-refractivity contribution in [1.82, 2.24) is 4.90 Å². The Hall–Kier alpha value is -0.330. The maximum Gasteiger partial charge on any atom is 0.225 e. The lowest BCUT2D eigenvalue weighted by atomic mass is 9.96. The Morgan fingerprint density at radius 1 is 1.15 bits per heavy atom. The Morgan fingerprint density at radius 3 is 2.41 bits per heavy atom. The zero-order chi connectivity index (χ0) is 18.8. The summed E-state index contributed by atoms with van der Waals surface area (Å²) >= 11 is 20.3. The molecule has 0 bridgehead atoms. The van der Waals surface area contributed by atoms with Crippen LogP contribution in [0.15, 0.2) is 17.1 Å². The second-order valence-corrected chi connectivity index (χ2v) is 8.92. The SMILES string of the molecule is CC(=O)N(c1cc(Cl)c(Cl)cc1Cl)C1CSC(=NC2CCCCC2)N1C.Cl. The Kier molecular flexibility index (Phi) is 8.44. The van der Waals surface area contributed by atoms with E-state index in [0.717, 1.165) is 23.8 Å². The highest BCUT2D eigenvalue weighted by atomic mass is 35.5. The third-order valence-electron chi connectivity index (χ3n) is 4.86. The Labute approximate surface area is 186 Å². The highest BCUT2D eigenvalue weighted by molar-refractivity contribution is 8.14. The van der Waals surface area contributed by atoms with Crippen molar-refractivity contribution < 1.29 is 4.79 Å². The summed E-state index contributed by atoms with van der Waals surface area (Å²) in [5, 5.41) is 2.15. The van der Waals surface area contributed by atoms with Crippen LogP contribution in [0.3, 0.4) is 0 Å². The van der Waals surface area contributed by atoms with Crippen LogP contribution in [0, 0.1) is 0 Å². The van der Waals surface area contributed by atoms with Gasteiger partial charge in [-0.05, 0) is 25.0 Å². The van der Waals surface area contributed by atoms with Gasteiger partial charge in [0.15, 0.2) is 5.17 Å². The molecule has 1 aromatic rings. The van der Waals surface area contributed by atoms with E-state index in [4.69, 9.17) is 39.8 Å². The number of aliphatic imine (C=N–C) groups is 1. The van der Waals surface area contributed by atoms with Gasteiger partial charge in [0.2, 0.25) is 5.91 Å². The van der Waals surface area contributed by atoms with Gasteiger partial charge in [-0.3, -0.25) is 14.7 Å². The predicted molar refractivity (Wildman–Crippen MR) is 120 cm³/mol. The lowest BCUT2D eigenvalue weighted by Crippen LogP contribution is -2.48. The number of thioether (sulfide) groups is 1. The smallest absolute Gasteiger partial charge is 0.225 e. The standard InChI is InChI=1S/C18H22Cl3N3OS.ClH/c1-11(25)24(16-9-14(20)13(19)8-15(16)21)17-10-26-18(23(17)2)22-12-6-4-3-5-7-12;/h8-9,12,17H,3-7,10H2,1-2H3;1H. The van der Waals surface area contributed by atoms with Crippen LogP contribution in [0.25, 0.3) is 0 Å². The molecule has 1 unspecified atom stereocenters. The first-order valence-electron chi connectivity index (χ1n) is 8.76. The summed E-state index contributed by atoms with van der Waals surface area (Å²) in [5.41, 5.74) is 0.574. The first kappa shape index (κ1) is 23.0. The van der Waals surface area contributed by atoms with E-state index in [-0.39, 0.29) is 24.5 Å². The van der Waals surface area contributed by atoms with E-state index >= 15 is 0 Å². The highest BCUT2D eigenvalue weighted by Gasteiger charge is 2.36. The number of carbonyl (C=O) groups excluding carboxylic acids is 1. The molecule has 4 nitrogen and oxygen atoms in total. The molecule has 3 rings (SSSR count). The van der Waals surface area contributed by atoms with E-state index in [1.807, 2.05) is 7.05 Å². The van der Waals surface area contributed by atoms with E-state index in [9.17, 15) is 4.79 Å². The molecule has 1 aliphatic heterocycles. The summed E-state index contributed by atoms with van der Waals surface area (Å²) in [6, 6.07) is 3.63. The molecule has 27 heavy (non-hydrogen) atoms. The lowest BCUT2D eigenvalue weighted by Gasteiger charge is -2.33. The van der Waals surface area contributed by atoms with Gasteiger partial charge in [-0.15, -0.1) is 12.4 Å². The number of halogens is 4. The van der Waals surface area contributed by atoms with Gasteiger partial charge in [-0.25, -0.2) is 0 Å². The summed E-state index contributed by atoms with van der Waals surface area (Å²) < 4.78 is 0. The Morgan fingerprint density at radius 2 is 1.78 bits per heavy atom. The summed E-state index contributed by atoms with van der Waals surface area (Å²) in [5.74, 6) is 0.639. The number of amides is 1. The zero-order valence-corrected chi connectivity index (χ0v) is 19.2. The predicted octanol–water partition coefficient (Wildman–Crippen LogP) is 6.11. The number of hydrogen-bond donors (Lipinski definition) is 0. The van der Waals surface area contributed by atoms with Crippen molar-refractivity contribution in [3.05, 3.63) is 27.2 Å². The van der Waals surface area contributed by atoms with E-state index in [2.05, 4.69) is 4.90 Å². The van der Waals surface area contributed by atoms with Gasteiger partial charge in [0, 0.05) is 19.7 Å². The fourth-order valence-electron chi connectivity index (χ4n) is 3.47. The van der Waals surface area contributed by atoms with Gasteiger partial charge in [0.25, 0.3) is 0 Å². The molecule has 0 aromatic heterocycles. The van der Waals surface area contributed by atoms with Crippen molar-refractivity contribution in [2.24, 2.45) is 4.99 Å². The van der Waals surface area contributed by atoms with E-state index < -0.39 is 0 Å². The van der Waals surface area contributed by atoms with Gasteiger partial charge in [0.1, 0.15) is 6.17 Å². The Bertz CT molecular complexity index is 725. The fourth-order valence-corrected chi connectivity index (χ4v) is 5.32. The molecule has 1 heterocycles. The van der Waals surface area contributed by atoms with E-state index in [0.29, 0.717) is 26.8 Å². The van der Waals surface area contributed by atoms with Crippen LogP contribution in [0.1, 0.15) is 39.0 Å². The monoisotopic (exact) mass is 469 g/mol. The fraction of sp³-hybridized carbons (Fsp3) is 0.556. The first-order valence-corrected chi connectivity index (χ1v) is 10.9. The van der Waals surface area contributed by atoms with Crippen LogP contribution in [0.2, 0.25) is 15.1 Å². The van der Waals surface area contributed by atoms with Gasteiger partial charge in [-0.1, -0.05) is 65.8 Å². The van der Waals surface area contributed by atoms with Crippen molar-refractivity contribution >= 4 is 75.7 Å². The first-order chi connectivity index (χ1) is 12.4. The van der Waals surface area contributed by atoms with Crippen molar-refractivity contribution in [3.63, 3.8) is 0 Å². The van der Waals surface area contributed by atoms with Crippen molar-refractivity contribution in [2.45, 2.75) is 51.2 Å². The molecule has 0 N–H and O–H groups in total. The molecule has 2 fully saturated rings. The quantitative estimate of drug-likeness (QED) is 0.499. The van der Waals surface area contributed by atoms with Crippen LogP contribution in [-0.2, 0) is 4.79 Å². The number of nitrogens with zero attached hydrogens (tertiary/aromatic N) is 3. The number of amidine groups is 1. The summed E-state index contributed by atoms with van der Waals surface area (Å²) in [6.07, 6.45) is 5.94. The average molecular weight is 471 g/mol. The maximum absolute atomic E-state index is 12.4. The molecule has 1 aromatic carbocycles. The molecule has 0 radical (unpaired) electrons. The molecular weight excluding hydrogens is 448 g/mol. The number of anilines is 1. The number of carbonyl (C=O) groups is 1. The minimum absolute atomic E-state index is 0. The average Bonchev–Trinajstić information content (AvgIpc) is 2.94. The minimum Gasteiger partial charge on any atom is -0.333 e. The van der Waals surface area contributed by atoms with Crippen LogP contribution in [0.4, 0.5) is 5.69 Å². The third kappa shape index (κ3) is 5.18. The van der Waals surface area contributed by atoms with Gasteiger partial charge < -0.3 is 4.90 Å². The molecule has 1 aliphatic carbocycles. The third-order valence-corrected chi connectivity index (χ3v) is 7.01. The van der Waals surface area contributed by atoms with Crippen molar-refractivity contribution in [1.29, 1.82) is 0 Å². The highest BCUT2D eigenvalue weighted by Crippen LogP contribution is 2.38. The molecule has 1 saturated carbocycles. The Balaban J connectivity index is 0.00000261. The molecule has 0 spiro atoms. The van der Waals surface area contributed by atoms with Gasteiger partial charge in [-0.2, -0.15) is 0 Å². The topological polar surface area (TPSA) is 35.9 Å². The second-order valence-electron chi connectivity index (χ2n) is 6.71. The van der Waals surface area contributed by atoms with Crippen LogP contribution < -0.4 is 4.90 Å². The molecule has 1 atom stereocenters. The van der Waals surface area contributed by atoms with Crippen molar-refractivity contribution in [3.8, 4) is 0 Å². The van der Waals surface area contributed by atoms with Gasteiger partial charge >= 0.3 is 0 Å². The number of hydrogen-bond acceptors (Lipinski definition) is 3. The number of benzene rings is 1. The van der Waals surface area contributed by atoms with Gasteiger partial charge in [0.05, 0.1) is 26.8 Å². The van der Waals surface area contributed by atoms with E-state index in [1.165, 1.54) is 26.2 Å². The molecule has 1 amide bonds. The summed E-state index contributed by atoms with van der Waals surface area (Å²) in [7, 11) is 1.98. The van der Waals surface area contributed by atoms with Crippen LogP contribution in [0.5, 0.6) is 0 Å².